The van der Waals surface area contributed by atoms with Crippen LogP contribution in [0.2, 0.25) is 0 Å². The summed E-state index contributed by atoms with van der Waals surface area (Å²) >= 11 is 0. The van der Waals surface area contributed by atoms with E-state index in [4.69, 9.17) is 0 Å². The van der Waals surface area contributed by atoms with Gasteiger partial charge in [-0.05, 0) is 43.1 Å². The molecule has 16 heavy (non-hydrogen) atoms. The molecule has 0 radical (unpaired) electrons. The van der Waals surface area contributed by atoms with Crippen molar-refractivity contribution in [1.29, 1.82) is 0 Å². The van der Waals surface area contributed by atoms with Gasteiger partial charge in [0, 0.05) is 6.04 Å². The molecule has 1 rings (SSSR count). The Morgan fingerprint density at radius 1 is 1.19 bits per heavy atom. The van der Waals surface area contributed by atoms with Gasteiger partial charge >= 0.3 is 0 Å². The zero-order valence-corrected chi connectivity index (χ0v) is 12.0. The van der Waals surface area contributed by atoms with E-state index in [0.717, 1.165) is 12.6 Å². The minimum absolute atomic E-state index is 0.475. The zero-order chi connectivity index (χ0) is 12.2. The highest BCUT2D eigenvalue weighted by molar-refractivity contribution is 4.91. The fraction of sp³-hybridized carbons (Fsp3) is 1.00. The lowest BCUT2D eigenvalue weighted by molar-refractivity contribution is 0.191. The predicted molar refractivity (Wildman–Crippen MR) is 72.7 cm³/mol. The quantitative estimate of drug-likeness (QED) is 0.732. The average Bonchev–Trinajstić information content (AvgIpc) is 2.59. The van der Waals surface area contributed by atoms with Gasteiger partial charge in [0.25, 0.3) is 0 Å². The van der Waals surface area contributed by atoms with Gasteiger partial charge in [-0.15, -0.1) is 0 Å². The summed E-state index contributed by atoms with van der Waals surface area (Å²) in [6, 6.07) is 0.735. The van der Waals surface area contributed by atoms with E-state index < -0.39 is 0 Å². The third-order valence-electron chi connectivity index (χ3n) is 4.22. The molecule has 0 aromatic carbocycles. The molecule has 1 N–H and O–H groups in total. The lowest BCUT2D eigenvalue weighted by Gasteiger charge is -2.36. The molecule has 1 saturated carbocycles. The molecular formula is C15H31N. The average molecular weight is 225 g/mol. The second-order valence-corrected chi connectivity index (χ2v) is 7.07. The minimum Gasteiger partial charge on any atom is -0.314 e. The second-order valence-electron chi connectivity index (χ2n) is 7.07. The van der Waals surface area contributed by atoms with Crippen LogP contribution >= 0.6 is 0 Å². The fourth-order valence-corrected chi connectivity index (χ4v) is 3.05. The number of rotatable bonds is 5. The Hall–Kier alpha value is -0.0400. The highest BCUT2D eigenvalue weighted by Crippen LogP contribution is 2.42. The van der Waals surface area contributed by atoms with Crippen LogP contribution in [0, 0.1) is 10.8 Å². The first kappa shape index (κ1) is 14.0. The van der Waals surface area contributed by atoms with Crippen molar-refractivity contribution in [2.24, 2.45) is 10.8 Å². The topological polar surface area (TPSA) is 12.0 Å². The van der Waals surface area contributed by atoms with E-state index in [2.05, 4.69) is 39.9 Å². The summed E-state index contributed by atoms with van der Waals surface area (Å²) in [6.07, 6.45) is 8.40. The Kier molecular flexibility index (Phi) is 4.85. The second kappa shape index (κ2) is 5.53. The SMILES string of the molecule is CCNC(CCC(C)(C)C)C1(C)CCCC1. The van der Waals surface area contributed by atoms with E-state index in [1.807, 2.05) is 0 Å². The molecule has 1 fully saturated rings. The summed E-state index contributed by atoms with van der Waals surface area (Å²) in [5, 5.41) is 3.74. The molecule has 0 saturated heterocycles. The van der Waals surface area contributed by atoms with Gasteiger partial charge in [0.1, 0.15) is 0 Å². The van der Waals surface area contributed by atoms with Crippen molar-refractivity contribution in [3.8, 4) is 0 Å². The smallest absolute Gasteiger partial charge is 0.0121 e. The maximum absolute atomic E-state index is 3.74. The van der Waals surface area contributed by atoms with Crippen LogP contribution in [0.5, 0.6) is 0 Å². The number of hydrogen-bond donors (Lipinski definition) is 1. The lowest BCUT2D eigenvalue weighted by Crippen LogP contribution is -2.42. The zero-order valence-electron chi connectivity index (χ0n) is 12.0. The third kappa shape index (κ3) is 4.08. The van der Waals surface area contributed by atoms with Crippen molar-refractivity contribution in [2.75, 3.05) is 6.54 Å². The molecule has 1 heteroatoms. The molecule has 1 unspecified atom stereocenters. The molecule has 0 bridgehead atoms. The molecular weight excluding hydrogens is 194 g/mol. The summed E-state index contributed by atoms with van der Waals surface area (Å²) in [7, 11) is 0. The highest BCUT2D eigenvalue weighted by Gasteiger charge is 2.36. The molecule has 0 heterocycles. The van der Waals surface area contributed by atoms with Gasteiger partial charge < -0.3 is 5.32 Å². The van der Waals surface area contributed by atoms with E-state index in [-0.39, 0.29) is 0 Å². The first-order chi connectivity index (χ1) is 7.37. The molecule has 0 amide bonds. The fourth-order valence-electron chi connectivity index (χ4n) is 3.05. The standard InChI is InChI=1S/C15H31N/c1-6-16-13(9-12-14(2,3)4)15(5)10-7-8-11-15/h13,16H,6-12H2,1-5H3. The van der Waals surface area contributed by atoms with Crippen LogP contribution in [0.1, 0.15) is 73.1 Å². The molecule has 0 aromatic rings. The third-order valence-corrected chi connectivity index (χ3v) is 4.22. The molecule has 0 aromatic heterocycles. The predicted octanol–water partition coefficient (Wildman–Crippen LogP) is 4.37. The Morgan fingerprint density at radius 2 is 1.75 bits per heavy atom. The van der Waals surface area contributed by atoms with Crippen molar-refractivity contribution in [2.45, 2.75) is 79.2 Å². The van der Waals surface area contributed by atoms with Crippen molar-refractivity contribution >= 4 is 0 Å². The van der Waals surface area contributed by atoms with Crippen molar-refractivity contribution < 1.29 is 0 Å². The largest absolute Gasteiger partial charge is 0.314 e. The van der Waals surface area contributed by atoms with Crippen LogP contribution in [-0.2, 0) is 0 Å². The summed E-state index contributed by atoms with van der Waals surface area (Å²) in [5.41, 5.74) is 1.05. The van der Waals surface area contributed by atoms with Crippen LogP contribution < -0.4 is 5.32 Å². The summed E-state index contributed by atoms with van der Waals surface area (Å²) < 4.78 is 0. The molecule has 1 nitrogen and oxygen atoms in total. The van der Waals surface area contributed by atoms with Gasteiger partial charge in [-0.2, -0.15) is 0 Å². The molecule has 1 aliphatic rings. The van der Waals surface area contributed by atoms with Gasteiger partial charge in [-0.1, -0.05) is 47.5 Å². The minimum atomic E-state index is 0.475. The van der Waals surface area contributed by atoms with Crippen LogP contribution in [0.4, 0.5) is 0 Å². The van der Waals surface area contributed by atoms with Crippen LogP contribution in [-0.4, -0.2) is 12.6 Å². The van der Waals surface area contributed by atoms with E-state index in [0.29, 0.717) is 10.8 Å². The Bertz CT molecular complexity index is 196. The van der Waals surface area contributed by atoms with Crippen molar-refractivity contribution in [1.82, 2.24) is 5.32 Å². The van der Waals surface area contributed by atoms with Gasteiger partial charge in [0.15, 0.2) is 0 Å². The highest BCUT2D eigenvalue weighted by atomic mass is 14.9. The monoisotopic (exact) mass is 225 g/mol. The van der Waals surface area contributed by atoms with E-state index in [9.17, 15) is 0 Å². The maximum atomic E-state index is 3.74. The van der Waals surface area contributed by atoms with Crippen molar-refractivity contribution in [3.05, 3.63) is 0 Å². The van der Waals surface area contributed by atoms with Gasteiger partial charge in [-0.25, -0.2) is 0 Å². The van der Waals surface area contributed by atoms with Crippen LogP contribution in [0.3, 0.4) is 0 Å². The molecule has 1 atom stereocenters. The van der Waals surface area contributed by atoms with Crippen molar-refractivity contribution in [3.63, 3.8) is 0 Å². The molecule has 1 aliphatic carbocycles. The summed E-state index contributed by atoms with van der Waals surface area (Å²) in [5.74, 6) is 0. The number of hydrogen-bond acceptors (Lipinski definition) is 1. The molecule has 0 spiro atoms. The van der Waals surface area contributed by atoms with Gasteiger partial charge in [0.05, 0.1) is 0 Å². The van der Waals surface area contributed by atoms with E-state index in [1.54, 1.807) is 0 Å². The van der Waals surface area contributed by atoms with E-state index >= 15 is 0 Å². The summed E-state index contributed by atoms with van der Waals surface area (Å²) in [6.45, 7) is 12.9. The van der Waals surface area contributed by atoms with Crippen LogP contribution in [0.25, 0.3) is 0 Å². The Labute approximate surface area is 102 Å². The Morgan fingerprint density at radius 3 is 2.19 bits per heavy atom. The number of nitrogens with one attached hydrogen (secondary N) is 1. The lowest BCUT2D eigenvalue weighted by atomic mass is 9.76. The maximum Gasteiger partial charge on any atom is 0.0121 e. The Balaban J connectivity index is 2.53. The van der Waals surface area contributed by atoms with E-state index in [1.165, 1.54) is 38.5 Å². The van der Waals surface area contributed by atoms with Gasteiger partial charge in [0.2, 0.25) is 0 Å². The first-order valence-corrected chi connectivity index (χ1v) is 7.11. The molecule has 96 valence electrons. The van der Waals surface area contributed by atoms with Crippen LogP contribution in [0.15, 0.2) is 0 Å². The molecule has 0 aliphatic heterocycles. The summed E-state index contributed by atoms with van der Waals surface area (Å²) in [4.78, 5) is 0. The normalized spacial score (nSPS) is 22.3. The van der Waals surface area contributed by atoms with Gasteiger partial charge in [-0.3, -0.25) is 0 Å². The first-order valence-electron chi connectivity index (χ1n) is 7.11.